The van der Waals surface area contributed by atoms with Crippen LogP contribution in [0.4, 0.5) is 0 Å². The van der Waals surface area contributed by atoms with Gasteiger partial charge in [-0.15, -0.1) is 0 Å². The molecule has 1 heterocycles. The van der Waals surface area contributed by atoms with Gasteiger partial charge in [0.2, 0.25) is 0 Å². The van der Waals surface area contributed by atoms with Crippen LogP contribution in [0.1, 0.15) is 31.4 Å². The van der Waals surface area contributed by atoms with E-state index < -0.39 is 0 Å². The molecule has 1 nitrogen and oxygen atoms in total. The Bertz CT molecular complexity index is 291. The zero-order valence-corrected chi connectivity index (χ0v) is 8.46. The van der Waals surface area contributed by atoms with Crippen LogP contribution in [0.25, 0.3) is 0 Å². The second-order valence-electron chi connectivity index (χ2n) is 4.39. The van der Waals surface area contributed by atoms with Gasteiger partial charge in [0.1, 0.15) is 0 Å². The average molecular weight is 175 g/mol. The third-order valence-electron chi connectivity index (χ3n) is 3.21. The first-order valence-corrected chi connectivity index (χ1v) is 5.19. The second kappa shape index (κ2) is 3.49. The minimum absolute atomic E-state index is 0.813. The molecule has 0 aliphatic heterocycles. The Morgan fingerprint density at radius 2 is 2.23 bits per heavy atom. The minimum Gasteiger partial charge on any atom is -0.264 e. The molecule has 1 atom stereocenters. The van der Waals surface area contributed by atoms with Crippen molar-refractivity contribution in [3.05, 3.63) is 29.6 Å². The van der Waals surface area contributed by atoms with Crippen molar-refractivity contribution in [2.24, 2.45) is 11.8 Å². The van der Waals surface area contributed by atoms with Gasteiger partial charge in [-0.2, -0.15) is 0 Å². The summed E-state index contributed by atoms with van der Waals surface area (Å²) in [6.07, 6.45) is 7.80. The number of aryl methyl sites for hydroxylation is 1. The van der Waals surface area contributed by atoms with Gasteiger partial charge in [-0.1, -0.05) is 13.8 Å². The summed E-state index contributed by atoms with van der Waals surface area (Å²) in [6, 6.07) is 2.17. The maximum Gasteiger partial charge on any atom is 0.0302 e. The fraction of sp³-hybridized carbons (Fsp3) is 0.583. The van der Waals surface area contributed by atoms with Crippen molar-refractivity contribution in [1.29, 1.82) is 0 Å². The first-order valence-electron chi connectivity index (χ1n) is 5.19. The highest BCUT2D eigenvalue weighted by molar-refractivity contribution is 5.26. The monoisotopic (exact) mass is 175 g/mol. The second-order valence-corrected chi connectivity index (χ2v) is 4.39. The lowest BCUT2D eigenvalue weighted by Crippen LogP contribution is -2.19. The van der Waals surface area contributed by atoms with E-state index in [-0.39, 0.29) is 0 Å². The van der Waals surface area contributed by atoms with Gasteiger partial charge in [0.15, 0.2) is 0 Å². The number of fused-ring (bicyclic) bond motifs is 1. The highest BCUT2D eigenvalue weighted by Crippen LogP contribution is 2.29. The lowest BCUT2D eigenvalue weighted by atomic mass is 9.79. The molecule has 0 fully saturated rings. The van der Waals surface area contributed by atoms with Gasteiger partial charge in [-0.05, 0) is 48.3 Å². The van der Waals surface area contributed by atoms with E-state index in [1.165, 1.54) is 30.4 Å². The molecule has 70 valence electrons. The summed E-state index contributed by atoms with van der Waals surface area (Å²) in [7, 11) is 0. The van der Waals surface area contributed by atoms with Crippen molar-refractivity contribution < 1.29 is 0 Å². The topological polar surface area (TPSA) is 12.9 Å². The van der Waals surface area contributed by atoms with Gasteiger partial charge in [0.25, 0.3) is 0 Å². The number of pyridine rings is 1. The molecule has 2 rings (SSSR count). The molecule has 1 unspecified atom stereocenters. The Morgan fingerprint density at radius 3 is 3.00 bits per heavy atom. The van der Waals surface area contributed by atoms with Crippen LogP contribution in [0, 0.1) is 11.8 Å². The fourth-order valence-corrected chi connectivity index (χ4v) is 2.18. The highest BCUT2D eigenvalue weighted by Gasteiger charge is 2.20. The molecule has 0 saturated heterocycles. The summed E-state index contributed by atoms with van der Waals surface area (Å²) in [5, 5.41) is 0. The lowest BCUT2D eigenvalue weighted by Gasteiger charge is -2.26. The van der Waals surface area contributed by atoms with Crippen molar-refractivity contribution in [2.45, 2.75) is 33.1 Å². The molecule has 1 aromatic rings. The highest BCUT2D eigenvalue weighted by atomic mass is 14.6. The maximum atomic E-state index is 4.19. The minimum atomic E-state index is 0.813. The summed E-state index contributed by atoms with van der Waals surface area (Å²) < 4.78 is 0. The lowest BCUT2D eigenvalue weighted by molar-refractivity contribution is 0.342. The van der Waals surface area contributed by atoms with Crippen LogP contribution in [0.5, 0.6) is 0 Å². The molecular weight excluding hydrogens is 158 g/mol. The predicted octanol–water partition coefficient (Wildman–Crippen LogP) is 2.84. The molecule has 1 aliphatic rings. The van der Waals surface area contributed by atoms with E-state index in [0.29, 0.717) is 0 Å². The average Bonchev–Trinajstić information content (AvgIpc) is 2.17. The summed E-state index contributed by atoms with van der Waals surface area (Å²) in [4.78, 5) is 4.19. The molecule has 1 aromatic heterocycles. The van der Waals surface area contributed by atoms with Crippen LogP contribution in [0.2, 0.25) is 0 Å². The van der Waals surface area contributed by atoms with Crippen LogP contribution in [-0.2, 0) is 12.8 Å². The molecule has 0 aromatic carbocycles. The van der Waals surface area contributed by atoms with Gasteiger partial charge in [-0.25, -0.2) is 0 Å². The van der Waals surface area contributed by atoms with Crippen molar-refractivity contribution in [3.8, 4) is 0 Å². The van der Waals surface area contributed by atoms with E-state index in [4.69, 9.17) is 0 Å². The largest absolute Gasteiger partial charge is 0.264 e. The van der Waals surface area contributed by atoms with Crippen molar-refractivity contribution in [3.63, 3.8) is 0 Å². The van der Waals surface area contributed by atoms with Gasteiger partial charge in [-0.3, -0.25) is 4.98 Å². The van der Waals surface area contributed by atoms with E-state index in [1.54, 1.807) is 0 Å². The Hall–Kier alpha value is -0.850. The number of hydrogen-bond acceptors (Lipinski definition) is 1. The normalized spacial score (nSPS) is 21.6. The van der Waals surface area contributed by atoms with E-state index in [9.17, 15) is 0 Å². The van der Waals surface area contributed by atoms with Crippen LogP contribution in [-0.4, -0.2) is 4.98 Å². The Labute approximate surface area is 80.2 Å². The molecule has 0 N–H and O–H groups in total. The molecular formula is C12H17N. The van der Waals surface area contributed by atoms with E-state index in [0.717, 1.165) is 11.8 Å². The van der Waals surface area contributed by atoms with Gasteiger partial charge in [0, 0.05) is 12.4 Å². The fourth-order valence-electron chi connectivity index (χ4n) is 2.18. The van der Waals surface area contributed by atoms with Gasteiger partial charge in [0.05, 0.1) is 0 Å². The van der Waals surface area contributed by atoms with Gasteiger partial charge >= 0.3 is 0 Å². The molecule has 0 amide bonds. The zero-order chi connectivity index (χ0) is 9.26. The zero-order valence-electron chi connectivity index (χ0n) is 8.46. The molecule has 0 bridgehead atoms. The molecule has 0 saturated carbocycles. The smallest absolute Gasteiger partial charge is 0.0302 e. The standard InChI is InChI=1S/C12H17N/c1-9(2)11-4-3-10-5-6-13-8-12(10)7-11/h5-6,8-9,11H,3-4,7H2,1-2H3. The predicted molar refractivity (Wildman–Crippen MR) is 54.6 cm³/mol. The summed E-state index contributed by atoms with van der Waals surface area (Å²) in [6.45, 7) is 4.65. The molecule has 0 radical (unpaired) electrons. The molecule has 1 aliphatic carbocycles. The Balaban J connectivity index is 2.20. The molecule has 13 heavy (non-hydrogen) atoms. The van der Waals surface area contributed by atoms with E-state index in [1.807, 2.05) is 12.4 Å². The third kappa shape index (κ3) is 1.74. The summed E-state index contributed by atoms with van der Waals surface area (Å²) >= 11 is 0. The SMILES string of the molecule is CC(C)C1CCc2ccncc2C1. The maximum absolute atomic E-state index is 4.19. The first-order chi connectivity index (χ1) is 6.27. The van der Waals surface area contributed by atoms with Crippen LogP contribution in [0.15, 0.2) is 18.5 Å². The Kier molecular flexibility index (Phi) is 2.34. The number of rotatable bonds is 1. The number of nitrogens with zero attached hydrogens (tertiary/aromatic N) is 1. The van der Waals surface area contributed by atoms with E-state index in [2.05, 4.69) is 24.9 Å². The Morgan fingerprint density at radius 1 is 1.38 bits per heavy atom. The number of hydrogen-bond donors (Lipinski definition) is 0. The summed E-state index contributed by atoms with van der Waals surface area (Å²) in [5.74, 6) is 1.69. The molecule has 0 spiro atoms. The van der Waals surface area contributed by atoms with Crippen molar-refractivity contribution in [2.75, 3.05) is 0 Å². The van der Waals surface area contributed by atoms with Crippen molar-refractivity contribution >= 4 is 0 Å². The van der Waals surface area contributed by atoms with Crippen LogP contribution < -0.4 is 0 Å². The molecule has 1 heteroatoms. The van der Waals surface area contributed by atoms with Crippen molar-refractivity contribution in [1.82, 2.24) is 4.98 Å². The van der Waals surface area contributed by atoms with Crippen LogP contribution in [0.3, 0.4) is 0 Å². The van der Waals surface area contributed by atoms with Gasteiger partial charge < -0.3 is 0 Å². The quantitative estimate of drug-likeness (QED) is 0.639. The first kappa shape index (κ1) is 8.74. The third-order valence-corrected chi connectivity index (χ3v) is 3.21. The number of aromatic nitrogens is 1. The van der Waals surface area contributed by atoms with E-state index >= 15 is 0 Å². The van der Waals surface area contributed by atoms with Crippen LogP contribution >= 0.6 is 0 Å². The summed E-state index contributed by atoms with van der Waals surface area (Å²) in [5.41, 5.74) is 3.00.